The largest absolute Gasteiger partial charge is 2.00 e. The Morgan fingerprint density at radius 2 is 1.25 bits per heavy atom. The zero-order valence-corrected chi connectivity index (χ0v) is 5.80. The quantitative estimate of drug-likeness (QED) is 0.490. The summed E-state index contributed by atoms with van der Waals surface area (Å²) in [6, 6.07) is 0. The van der Waals surface area contributed by atoms with Crippen LogP contribution in [0.1, 0.15) is 0 Å². The molecule has 0 atom stereocenters. The van der Waals surface area contributed by atoms with Crippen molar-refractivity contribution in [3.8, 4) is 0 Å². The van der Waals surface area contributed by atoms with Crippen LogP contribution in [-0.2, 0) is 26.2 Å². The van der Waals surface area contributed by atoms with E-state index >= 15 is 0 Å². The maximum Gasteiger partial charge on any atom is 2.00 e. The van der Waals surface area contributed by atoms with Crippen LogP contribution in [0.15, 0.2) is 0 Å². The Morgan fingerprint density at radius 1 is 1.25 bits per heavy atom. The molecule has 0 heterocycles. The summed E-state index contributed by atoms with van der Waals surface area (Å²) < 4.78 is 0. The Labute approximate surface area is 54.6 Å². The summed E-state index contributed by atoms with van der Waals surface area (Å²) in [5.41, 5.74) is 0. The molecule has 0 N–H and O–H groups in total. The van der Waals surface area contributed by atoms with Gasteiger partial charge in [0.25, 0.3) is 0 Å². The molecule has 0 radical (unpaired) electrons. The molecular weight excluding hydrogens is 174 g/mol. The van der Waals surface area contributed by atoms with Gasteiger partial charge in [-0.2, -0.15) is 5.34 Å². The molecule has 0 aliphatic rings. The third kappa shape index (κ3) is 9.81. The smallest absolute Gasteiger partial charge is 0.333 e. The molecule has 4 heavy (non-hydrogen) atoms. The van der Waals surface area contributed by atoms with Crippen molar-refractivity contribution in [1.29, 1.82) is 0 Å². The molecule has 3 heteroatoms. The van der Waals surface area contributed by atoms with E-state index in [-0.39, 0.29) is 26.2 Å². The fraction of sp³-hybridized carbons (Fsp3) is 0. The van der Waals surface area contributed by atoms with Crippen molar-refractivity contribution in [3.63, 3.8) is 0 Å². The van der Waals surface area contributed by atoms with E-state index in [4.69, 9.17) is 0 Å². The van der Waals surface area contributed by atoms with Crippen LogP contribution in [0.4, 0.5) is 0 Å². The van der Waals surface area contributed by atoms with Crippen LogP contribution in [0.25, 0.3) is 0 Å². The summed E-state index contributed by atoms with van der Waals surface area (Å²) >= 11 is 9.28. The predicted octanol–water partition coefficient (Wildman–Crippen LogP) is 1.58. The molecule has 0 bridgehead atoms. The van der Waals surface area contributed by atoms with Crippen LogP contribution >= 0.6 is 23.2 Å². The zero-order chi connectivity index (χ0) is 2.71. The van der Waals surface area contributed by atoms with Gasteiger partial charge in [-0.25, -0.2) is 0 Å². The molecule has 0 saturated heterocycles. The minimum atomic E-state index is 0. The van der Waals surface area contributed by atoms with Gasteiger partial charge in [0.1, 0.15) is 0 Å². The van der Waals surface area contributed by atoms with Crippen LogP contribution in [0.3, 0.4) is 0 Å². The van der Waals surface area contributed by atoms with Crippen molar-refractivity contribution in [2.24, 2.45) is 0 Å². The van der Waals surface area contributed by atoms with Crippen molar-refractivity contribution in [2.75, 3.05) is 0 Å². The monoisotopic (exact) mass is 173 g/mol. The van der Waals surface area contributed by atoms with E-state index in [9.17, 15) is 0 Å². The molecule has 0 aromatic rings. The van der Waals surface area contributed by atoms with Crippen molar-refractivity contribution in [3.05, 3.63) is 5.34 Å². The third-order valence-corrected chi connectivity index (χ3v) is 0. The Morgan fingerprint density at radius 3 is 1.25 bits per heavy atom. The molecule has 22 valence electrons. The number of halogens is 2. The average molecular weight is 175 g/mol. The van der Waals surface area contributed by atoms with Crippen molar-refractivity contribution in [2.45, 2.75) is 0 Å². The molecule has 0 unspecified atom stereocenters. The van der Waals surface area contributed by atoms with Crippen LogP contribution in [-0.4, -0.2) is 0 Å². The summed E-state index contributed by atoms with van der Waals surface area (Å²) in [7, 11) is 0. The third-order valence-electron chi connectivity index (χ3n) is 0. The maximum atomic E-state index is 4.64. The standard InChI is InChI=1S/CHCl2.Zr/c2-1-3;/h1H;/q-1;+2. The van der Waals surface area contributed by atoms with E-state index in [1.54, 1.807) is 0 Å². The van der Waals surface area contributed by atoms with Gasteiger partial charge in [0.2, 0.25) is 0 Å². The summed E-state index contributed by atoms with van der Waals surface area (Å²) in [6.07, 6.45) is 0. The Kier molecular flexibility index (Phi) is 20.0. The average Bonchev–Trinajstić information content (AvgIpc) is 0.918. The van der Waals surface area contributed by atoms with E-state index in [2.05, 4.69) is 23.2 Å². The molecule has 0 aliphatic heterocycles. The van der Waals surface area contributed by atoms with Crippen LogP contribution in [0.2, 0.25) is 0 Å². The predicted molar refractivity (Wildman–Crippen MR) is 16.0 cm³/mol. The van der Waals surface area contributed by atoms with Gasteiger partial charge in [-0.15, -0.1) is 0 Å². The molecule has 0 fully saturated rings. The van der Waals surface area contributed by atoms with Gasteiger partial charge in [-0.1, -0.05) is 0 Å². The zero-order valence-electron chi connectivity index (χ0n) is 1.83. The fourth-order valence-electron chi connectivity index (χ4n) is 0. The van der Waals surface area contributed by atoms with Gasteiger partial charge in [0.05, 0.1) is 0 Å². The Bertz CT molecular complexity index is 6.00. The first kappa shape index (κ1) is 9.07. The SMILES string of the molecule is Cl[CH-]Cl.[Zr+2]. The minimum Gasteiger partial charge on any atom is -0.333 e. The first-order chi connectivity index (χ1) is 1.41. The molecule has 0 aromatic carbocycles. The molecule has 0 saturated carbocycles. The van der Waals surface area contributed by atoms with E-state index in [1.807, 2.05) is 0 Å². The molecule has 0 spiro atoms. The van der Waals surface area contributed by atoms with Gasteiger partial charge in [0.15, 0.2) is 0 Å². The van der Waals surface area contributed by atoms with Crippen LogP contribution in [0.5, 0.6) is 0 Å². The molecular formula is CHCl2Zr+. The van der Waals surface area contributed by atoms with E-state index in [0.29, 0.717) is 0 Å². The normalized spacial score (nSPS) is 4.50. The van der Waals surface area contributed by atoms with Gasteiger partial charge < -0.3 is 23.2 Å². The van der Waals surface area contributed by atoms with Crippen LogP contribution < -0.4 is 0 Å². The first-order valence-corrected chi connectivity index (χ1v) is 1.31. The van der Waals surface area contributed by atoms with Gasteiger partial charge in [-0.05, 0) is 0 Å². The van der Waals surface area contributed by atoms with Gasteiger partial charge in [0, 0.05) is 0 Å². The van der Waals surface area contributed by atoms with Crippen LogP contribution in [0, 0.1) is 5.34 Å². The molecule has 0 nitrogen and oxygen atoms in total. The number of hydrogen-bond acceptors (Lipinski definition) is 0. The second-order valence-electron chi connectivity index (χ2n) is 0.0825. The summed E-state index contributed by atoms with van der Waals surface area (Å²) in [5, 5.41) is 0.944. The van der Waals surface area contributed by atoms with E-state index in [1.165, 1.54) is 0 Å². The number of hydrogen-bond donors (Lipinski definition) is 0. The summed E-state index contributed by atoms with van der Waals surface area (Å²) in [6.45, 7) is 0. The second-order valence-corrected chi connectivity index (χ2v) is 0.742. The summed E-state index contributed by atoms with van der Waals surface area (Å²) in [4.78, 5) is 0. The van der Waals surface area contributed by atoms with E-state index in [0.717, 1.165) is 5.34 Å². The summed E-state index contributed by atoms with van der Waals surface area (Å²) in [5.74, 6) is 0. The van der Waals surface area contributed by atoms with Gasteiger partial charge >= 0.3 is 26.2 Å². The van der Waals surface area contributed by atoms with Gasteiger partial charge in [-0.3, -0.25) is 0 Å². The first-order valence-electron chi connectivity index (χ1n) is 0.436. The molecule has 0 rings (SSSR count). The fourth-order valence-corrected chi connectivity index (χ4v) is 0. The minimum absolute atomic E-state index is 0. The second kappa shape index (κ2) is 8.82. The maximum absolute atomic E-state index is 4.64. The number of rotatable bonds is 0. The van der Waals surface area contributed by atoms with Crippen molar-refractivity contribution in [1.82, 2.24) is 0 Å². The molecule has 0 aromatic heterocycles. The Balaban J connectivity index is 0. The Hall–Kier alpha value is 1.46. The van der Waals surface area contributed by atoms with Crippen molar-refractivity contribution >= 4 is 23.2 Å². The van der Waals surface area contributed by atoms with E-state index < -0.39 is 0 Å². The molecule has 0 amide bonds. The molecule has 0 aliphatic carbocycles. The van der Waals surface area contributed by atoms with Crippen molar-refractivity contribution < 1.29 is 26.2 Å². The topological polar surface area (TPSA) is 0 Å².